The van der Waals surface area contributed by atoms with E-state index in [9.17, 15) is 4.79 Å². The molecule has 0 atom stereocenters. The maximum atomic E-state index is 12.0. The maximum absolute atomic E-state index is 12.0. The number of nitrogens with one attached hydrogen (secondary N) is 2. The maximum Gasteiger partial charge on any atom is 0.407 e. The molecule has 10 heteroatoms. The Hall–Kier alpha value is -4.28. The van der Waals surface area contributed by atoms with Crippen molar-refractivity contribution in [3.05, 3.63) is 83.5 Å². The van der Waals surface area contributed by atoms with Gasteiger partial charge in [0.15, 0.2) is 11.6 Å². The van der Waals surface area contributed by atoms with Crippen molar-refractivity contribution in [2.45, 2.75) is 20.0 Å². The highest BCUT2D eigenvalue weighted by molar-refractivity contribution is 7.13. The number of thiazole rings is 1. The second-order valence-electron chi connectivity index (χ2n) is 9.04. The fourth-order valence-electron chi connectivity index (χ4n) is 4.21. The number of carbonyl (C=O) groups is 1. The molecule has 0 aliphatic rings. The van der Waals surface area contributed by atoms with E-state index in [1.54, 1.807) is 5.51 Å². The first kappa shape index (κ1) is 25.4. The Labute approximate surface area is 224 Å². The number of fused-ring (bicyclic) bond motifs is 3. The van der Waals surface area contributed by atoms with Crippen molar-refractivity contribution < 1.29 is 9.53 Å². The van der Waals surface area contributed by atoms with Crippen LogP contribution < -0.4 is 16.4 Å². The Morgan fingerprint density at radius 1 is 1.13 bits per heavy atom. The highest BCUT2D eigenvalue weighted by Gasteiger charge is 2.19. The van der Waals surface area contributed by atoms with E-state index in [1.165, 1.54) is 11.3 Å². The monoisotopic (exact) mass is 527 g/mol. The molecule has 1 amide bonds. The molecule has 0 aliphatic heterocycles. The van der Waals surface area contributed by atoms with Gasteiger partial charge < -0.3 is 25.7 Å². The molecule has 0 saturated carbocycles. The second kappa shape index (κ2) is 11.4. The van der Waals surface area contributed by atoms with Crippen molar-refractivity contribution in [3.63, 3.8) is 0 Å². The summed E-state index contributed by atoms with van der Waals surface area (Å²) in [7, 11) is 0. The van der Waals surface area contributed by atoms with Crippen LogP contribution in [0.4, 0.5) is 10.6 Å². The molecule has 0 bridgehead atoms. The molecule has 2 aromatic carbocycles. The number of amides is 1. The van der Waals surface area contributed by atoms with Crippen LogP contribution in [-0.2, 0) is 17.8 Å². The van der Waals surface area contributed by atoms with E-state index in [0.29, 0.717) is 44.1 Å². The van der Waals surface area contributed by atoms with Crippen LogP contribution in [0.1, 0.15) is 18.1 Å². The molecule has 0 aliphatic carbocycles. The van der Waals surface area contributed by atoms with Crippen molar-refractivity contribution in [1.82, 2.24) is 30.2 Å². The molecule has 4 N–H and O–H groups in total. The number of ether oxygens (including phenoxy) is 1. The summed E-state index contributed by atoms with van der Waals surface area (Å²) < 4.78 is 7.38. The number of nitrogens with two attached hydrogens (primary N) is 1. The number of alkyl carbamates (subject to hydrolysis) is 1. The third-order valence-electron chi connectivity index (χ3n) is 6.00. The zero-order valence-corrected chi connectivity index (χ0v) is 21.9. The van der Waals surface area contributed by atoms with Crippen LogP contribution in [0.2, 0.25) is 0 Å². The minimum Gasteiger partial charge on any atom is -0.448 e. The summed E-state index contributed by atoms with van der Waals surface area (Å²) in [5.74, 6) is 1.21. The summed E-state index contributed by atoms with van der Waals surface area (Å²) in [5, 5.41) is 6.94. The summed E-state index contributed by atoms with van der Waals surface area (Å²) in [6, 6.07) is 16.1. The fourth-order valence-corrected chi connectivity index (χ4v) is 4.83. The number of hydrogen-bond acceptors (Lipinski definition) is 8. The highest BCUT2D eigenvalue weighted by atomic mass is 32.1. The van der Waals surface area contributed by atoms with E-state index in [4.69, 9.17) is 15.5 Å². The van der Waals surface area contributed by atoms with Gasteiger partial charge in [0.2, 0.25) is 0 Å². The van der Waals surface area contributed by atoms with E-state index in [2.05, 4.69) is 43.9 Å². The summed E-state index contributed by atoms with van der Waals surface area (Å²) in [5.41, 5.74) is 13.7. The molecule has 3 aromatic heterocycles. The van der Waals surface area contributed by atoms with E-state index < -0.39 is 6.09 Å². The Morgan fingerprint density at radius 3 is 2.68 bits per heavy atom. The smallest absolute Gasteiger partial charge is 0.407 e. The zero-order valence-electron chi connectivity index (χ0n) is 21.1. The van der Waals surface area contributed by atoms with Gasteiger partial charge in [0.25, 0.3) is 0 Å². The zero-order chi connectivity index (χ0) is 26.5. The first-order valence-corrected chi connectivity index (χ1v) is 13.1. The quantitative estimate of drug-likeness (QED) is 0.177. The minimum absolute atomic E-state index is 0.299. The van der Waals surface area contributed by atoms with Gasteiger partial charge in [0.1, 0.15) is 12.1 Å². The number of aromatic nitrogens is 4. The Morgan fingerprint density at radius 2 is 1.92 bits per heavy atom. The first-order chi connectivity index (χ1) is 18.5. The van der Waals surface area contributed by atoms with Crippen molar-refractivity contribution in [1.29, 1.82) is 0 Å². The van der Waals surface area contributed by atoms with Crippen LogP contribution in [0.3, 0.4) is 0 Å². The number of pyridine rings is 1. The van der Waals surface area contributed by atoms with Crippen molar-refractivity contribution in [3.8, 4) is 10.7 Å². The number of nitrogen functional groups attached to an aromatic ring is 1. The number of nitrogens with zero attached hydrogens (tertiary/aromatic N) is 4. The Balaban J connectivity index is 1.32. The SMILES string of the molecule is C=C(C)CNCCOC(=O)NCc1ccc(Cn2c(-c3cncs3)nc3c(N)nc4ccccc4c32)cc1. The van der Waals surface area contributed by atoms with Crippen molar-refractivity contribution >= 4 is 45.2 Å². The number of carbonyl (C=O) groups excluding carboxylic acids is 1. The lowest BCUT2D eigenvalue weighted by Gasteiger charge is -2.11. The number of imidazole rings is 1. The van der Waals surface area contributed by atoms with Gasteiger partial charge >= 0.3 is 6.09 Å². The van der Waals surface area contributed by atoms with Crippen molar-refractivity contribution in [2.24, 2.45) is 0 Å². The van der Waals surface area contributed by atoms with Gasteiger partial charge in [-0.2, -0.15) is 0 Å². The number of benzene rings is 2. The number of para-hydroxylation sites is 1. The number of anilines is 1. The fraction of sp³-hybridized carbons (Fsp3) is 0.214. The summed E-state index contributed by atoms with van der Waals surface area (Å²) in [4.78, 5) is 26.7. The third-order valence-corrected chi connectivity index (χ3v) is 6.77. The molecule has 9 nitrogen and oxygen atoms in total. The molecule has 5 rings (SSSR count). The number of rotatable bonds is 10. The normalized spacial score (nSPS) is 11.2. The number of hydrogen-bond donors (Lipinski definition) is 3. The second-order valence-corrected chi connectivity index (χ2v) is 9.92. The topological polar surface area (TPSA) is 120 Å². The van der Waals surface area contributed by atoms with Crippen LogP contribution in [0.5, 0.6) is 0 Å². The van der Waals surface area contributed by atoms with Crippen LogP contribution in [-0.4, -0.2) is 45.3 Å². The molecule has 194 valence electrons. The summed E-state index contributed by atoms with van der Waals surface area (Å²) in [6.45, 7) is 8.32. The van der Waals surface area contributed by atoms with Gasteiger partial charge in [0, 0.05) is 37.8 Å². The molecule has 0 radical (unpaired) electrons. The lowest BCUT2D eigenvalue weighted by atomic mass is 10.1. The van der Waals surface area contributed by atoms with E-state index >= 15 is 0 Å². The van der Waals surface area contributed by atoms with Crippen LogP contribution in [0.15, 0.2) is 72.4 Å². The van der Waals surface area contributed by atoms with E-state index in [0.717, 1.165) is 43.8 Å². The van der Waals surface area contributed by atoms with Gasteiger partial charge in [-0.1, -0.05) is 54.6 Å². The molecule has 3 heterocycles. The summed E-state index contributed by atoms with van der Waals surface area (Å²) in [6.07, 6.45) is 1.38. The molecular formula is C28H29N7O2S. The first-order valence-electron chi connectivity index (χ1n) is 12.3. The molecule has 0 fully saturated rings. The highest BCUT2D eigenvalue weighted by Crippen LogP contribution is 2.34. The van der Waals surface area contributed by atoms with Gasteiger partial charge in [-0.05, 0) is 24.1 Å². The van der Waals surface area contributed by atoms with Gasteiger partial charge in [-0.15, -0.1) is 11.3 Å². The molecule has 0 spiro atoms. The average molecular weight is 528 g/mol. The van der Waals surface area contributed by atoms with Gasteiger partial charge in [-0.25, -0.2) is 14.8 Å². The molecular weight excluding hydrogens is 498 g/mol. The Bertz CT molecular complexity index is 1580. The van der Waals surface area contributed by atoms with Gasteiger partial charge in [0.05, 0.1) is 21.4 Å². The van der Waals surface area contributed by atoms with Crippen molar-refractivity contribution in [2.75, 3.05) is 25.4 Å². The molecule has 0 unspecified atom stereocenters. The van der Waals surface area contributed by atoms with E-state index in [-0.39, 0.29) is 0 Å². The van der Waals surface area contributed by atoms with Crippen LogP contribution in [0.25, 0.3) is 32.6 Å². The third kappa shape index (κ3) is 5.66. The predicted octanol–water partition coefficient (Wildman–Crippen LogP) is 4.73. The predicted molar refractivity (Wildman–Crippen MR) is 152 cm³/mol. The largest absolute Gasteiger partial charge is 0.448 e. The summed E-state index contributed by atoms with van der Waals surface area (Å²) >= 11 is 1.53. The standard InChI is InChI=1S/C28H29N7O2S/c1-18(2)13-30-11-12-37-28(36)32-14-19-7-9-20(10-8-19)16-35-25-21-5-3-4-6-22(21)33-26(29)24(25)34-27(35)23-15-31-17-38-23/h3-10,15,17,30H,1,11-14,16H2,2H3,(H2,29,33)(H,32,36). The minimum atomic E-state index is -0.441. The van der Waals surface area contributed by atoms with E-state index in [1.807, 2.05) is 49.5 Å². The lowest BCUT2D eigenvalue weighted by molar-refractivity contribution is 0.146. The van der Waals surface area contributed by atoms with Crippen LogP contribution >= 0.6 is 11.3 Å². The molecule has 5 aromatic rings. The molecule has 38 heavy (non-hydrogen) atoms. The van der Waals surface area contributed by atoms with Gasteiger partial charge in [-0.3, -0.25) is 4.98 Å². The Kier molecular flexibility index (Phi) is 7.62. The molecule has 0 saturated heterocycles. The lowest BCUT2D eigenvalue weighted by Crippen LogP contribution is -2.28. The average Bonchev–Trinajstić information content (AvgIpc) is 3.57. The van der Waals surface area contributed by atoms with Crippen LogP contribution in [0, 0.1) is 0 Å².